The van der Waals surface area contributed by atoms with Gasteiger partial charge in [0.2, 0.25) is 0 Å². The summed E-state index contributed by atoms with van der Waals surface area (Å²) >= 11 is 6.09. The highest BCUT2D eigenvalue weighted by Crippen LogP contribution is 2.34. The lowest BCUT2D eigenvalue weighted by Crippen LogP contribution is -2.14. The van der Waals surface area contributed by atoms with Crippen LogP contribution in [0, 0.1) is 19.7 Å². The average molecular weight is 348 g/mol. The van der Waals surface area contributed by atoms with Crippen LogP contribution >= 0.6 is 11.6 Å². The summed E-state index contributed by atoms with van der Waals surface area (Å²) in [6.07, 6.45) is 1.71. The first-order valence-corrected chi connectivity index (χ1v) is 8.25. The molecule has 0 atom stereocenters. The molecule has 2 aromatic carbocycles. The van der Waals surface area contributed by atoms with Crippen molar-refractivity contribution < 1.29 is 4.39 Å². The number of halogens is 2. The lowest BCUT2D eigenvalue weighted by Gasteiger charge is -2.23. The molecule has 0 N–H and O–H groups in total. The highest BCUT2D eigenvalue weighted by Gasteiger charge is 2.14. The Labute approximate surface area is 148 Å². The summed E-state index contributed by atoms with van der Waals surface area (Å²) in [5, 5.41) is 0.628. The van der Waals surface area contributed by atoms with Gasteiger partial charge in [-0.05, 0) is 50.1 Å². The van der Waals surface area contributed by atoms with Crippen molar-refractivity contribution in [3.05, 3.63) is 52.3 Å². The standard InChI is InChI=1S/C19H23ClFN3/c1-6-23(4)12-22-17-11-16(21)19(9-14(17)3)24(5)18-10-15(20)8-7-13(18)2/h7-12H,6H2,1-5H3. The number of hydrogen-bond donors (Lipinski definition) is 0. The molecule has 0 aliphatic heterocycles. The van der Waals surface area contributed by atoms with E-state index in [2.05, 4.69) is 4.99 Å². The molecule has 0 bridgehead atoms. The molecule has 0 fully saturated rings. The van der Waals surface area contributed by atoms with Crippen molar-refractivity contribution in [2.45, 2.75) is 20.8 Å². The van der Waals surface area contributed by atoms with Gasteiger partial charge in [-0.15, -0.1) is 0 Å². The van der Waals surface area contributed by atoms with Gasteiger partial charge in [-0.1, -0.05) is 17.7 Å². The van der Waals surface area contributed by atoms with Gasteiger partial charge in [0.1, 0.15) is 5.82 Å². The van der Waals surface area contributed by atoms with Crippen molar-refractivity contribution in [3.63, 3.8) is 0 Å². The lowest BCUT2D eigenvalue weighted by molar-refractivity contribution is 0.552. The molecular formula is C19H23ClFN3. The largest absolute Gasteiger partial charge is 0.366 e. The van der Waals surface area contributed by atoms with Crippen molar-refractivity contribution in [2.24, 2.45) is 4.99 Å². The van der Waals surface area contributed by atoms with E-state index in [1.165, 1.54) is 6.07 Å². The Hall–Kier alpha value is -2.07. The molecule has 0 heterocycles. The van der Waals surface area contributed by atoms with Gasteiger partial charge in [0.05, 0.1) is 17.7 Å². The second kappa shape index (κ2) is 7.67. The van der Waals surface area contributed by atoms with E-state index < -0.39 is 0 Å². The minimum Gasteiger partial charge on any atom is -0.366 e. The van der Waals surface area contributed by atoms with E-state index in [4.69, 9.17) is 11.6 Å². The van der Waals surface area contributed by atoms with Gasteiger partial charge in [0, 0.05) is 37.4 Å². The van der Waals surface area contributed by atoms with Crippen LogP contribution in [0.2, 0.25) is 5.02 Å². The van der Waals surface area contributed by atoms with Crippen LogP contribution in [-0.2, 0) is 0 Å². The Balaban J connectivity index is 2.40. The third-order valence-electron chi connectivity index (χ3n) is 4.05. The van der Waals surface area contributed by atoms with E-state index in [1.807, 2.05) is 68.9 Å². The first-order chi connectivity index (χ1) is 11.3. The maximum Gasteiger partial charge on any atom is 0.148 e. The Morgan fingerprint density at radius 3 is 2.46 bits per heavy atom. The summed E-state index contributed by atoms with van der Waals surface area (Å²) in [5.41, 5.74) is 3.96. The number of aryl methyl sites for hydroxylation is 2. The zero-order chi connectivity index (χ0) is 17.9. The topological polar surface area (TPSA) is 18.8 Å². The number of hydrogen-bond acceptors (Lipinski definition) is 2. The normalized spacial score (nSPS) is 11.1. The number of aliphatic imine (C=N–C) groups is 1. The van der Waals surface area contributed by atoms with Crippen molar-refractivity contribution in [2.75, 3.05) is 25.5 Å². The number of benzene rings is 2. The van der Waals surface area contributed by atoms with Crippen LogP contribution in [0.4, 0.5) is 21.5 Å². The Morgan fingerprint density at radius 2 is 1.79 bits per heavy atom. The molecule has 128 valence electrons. The second-order valence-electron chi connectivity index (χ2n) is 5.90. The van der Waals surface area contributed by atoms with Crippen molar-refractivity contribution in [1.82, 2.24) is 4.90 Å². The van der Waals surface area contributed by atoms with Crippen molar-refractivity contribution in [3.8, 4) is 0 Å². The molecule has 0 spiro atoms. The fraction of sp³-hybridized carbons (Fsp3) is 0.316. The fourth-order valence-electron chi connectivity index (χ4n) is 2.37. The summed E-state index contributed by atoms with van der Waals surface area (Å²) < 4.78 is 14.6. The molecule has 0 aliphatic carbocycles. The predicted molar refractivity (Wildman–Crippen MR) is 102 cm³/mol. The average Bonchev–Trinajstić information content (AvgIpc) is 2.56. The minimum absolute atomic E-state index is 0.311. The third kappa shape index (κ3) is 4.06. The smallest absolute Gasteiger partial charge is 0.148 e. The molecule has 5 heteroatoms. The van der Waals surface area contributed by atoms with Crippen LogP contribution < -0.4 is 4.90 Å². The maximum absolute atomic E-state index is 14.6. The zero-order valence-electron chi connectivity index (χ0n) is 14.8. The summed E-state index contributed by atoms with van der Waals surface area (Å²) in [4.78, 5) is 8.12. The molecule has 24 heavy (non-hydrogen) atoms. The lowest BCUT2D eigenvalue weighted by atomic mass is 10.1. The molecular weight excluding hydrogens is 325 g/mol. The van der Waals surface area contributed by atoms with E-state index in [-0.39, 0.29) is 5.82 Å². The fourth-order valence-corrected chi connectivity index (χ4v) is 2.53. The third-order valence-corrected chi connectivity index (χ3v) is 4.29. The Kier molecular flexibility index (Phi) is 5.84. The SMILES string of the molecule is CCN(C)C=Nc1cc(F)c(N(C)c2cc(Cl)ccc2C)cc1C. The number of rotatable bonds is 5. The van der Waals surface area contributed by atoms with Gasteiger partial charge in [-0.2, -0.15) is 0 Å². The number of nitrogens with zero attached hydrogens (tertiary/aromatic N) is 3. The molecule has 0 radical (unpaired) electrons. The van der Waals surface area contributed by atoms with Gasteiger partial charge in [0.25, 0.3) is 0 Å². The van der Waals surface area contributed by atoms with E-state index in [9.17, 15) is 4.39 Å². The summed E-state index contributed by atoms with van der Waals surface area (Å²) in [6, 6.07) is 8.89. The summed E-state index contributed by atoms with van der Waals surface area (Å²) in [6.45, 7) is 6.79. The molecule has 3 nitrogen and oxygen atoms in total. The molecule has 0 amide bonds. The van der Waals surface area contributed by atoms with Gasteiger partial charge >= 0.3 is 0 Å². The predicted octanol–water partition coefficient (Wildman–Crippen LogP) is 5.48. The van der Waals surface area contributed by atoms with Crippen LogP contribution in [0.3, 0.4) is 0 Å². The van der Waals surface area contributed by atoms with Crippen LogP contribution in [-0.4, -0.2) is 31.9 Å². The van der Waals surface area contributed by atoms with E-state index in [0.717, 1.165) is 23.4 Å². The zero-order valence-corrected chi connectivity index (χ0v) is 15.5. The van der Waals surface area contributed by atoms with Gasteiger partial charge in [0.15, 0.2) is 0 Å². The van der Waals surface area contributed by atoms with E-state index >= 15 is 0 Å². The van der Waals surface area contributed by atoms with E-state index in [0.29, 0.717) is 16.4 Å². The van der Waals surface area contributed by atoms with Gasteiger partial charge in [-0.3, -0.25) is 0 Å². The van der Waals surface area contributed by atoms with Crippen LogP contribution in [0.5, 0.6) is 0 Å². The van der Waals surface area contributed by atoms with Crippen LogP contribution in [0.1, 0.15) is 18.1 Å². The van der Waals surface area contributed by atoms with Crippen molar-refractivity contribution >= 4 is 35.0 Å². The van der Waals surface area contributed by atoms with Crippen LogP contribution in [0.25, 0.3) is 0 Å². The highest BCUT2D eigenvalue weighted by molar-refractivity contribution is 6.30. The second-order valence-corrected chi connectivity index (χ2v) is 6.33. The van der Waals surface area contributed by atoms with Crippen LogP contribution in [0.15, 0.2) is 35.3 Å². The van der Waals surface area contributed by atoms with E-state index in [1.54, 1.807) is 6.34 Å². The molecule has 0 unspecified atom stereocenters. The molecule has 0 aliphatic rings. The maximum atomic E-state index is 14.6. The quantitative estimate of drug-likeness (QED) is 0.527. The first kappa shape index (κ1) is 18.3. The Bertz CT molecular complexity index is 759. The van der Waals surface area contributed by atoms with Gasteiger partial charge in [-0.25, -0.2) is 9.38 Å². The van der Waals surface area contributed by atoms with Gasteiger partial charge < -0.3 is 9.80 Å². The molecule has 0 saturated carbocycles. The first-order valence-electron chi connectivity index (χ1n) is 7.88. The summed E-state index contributed by atoms with van der Waals surface area (Å²) in [5.74, 6) is -0.311. The molecule has 2 rings (SSSR count). The minimum atomic E-state index is -0.311. The number of anilines is 2. The molecule has 0 aromatic heterocycles. The Morgan fingerprint density at radius 1 is 1.08 bits per heavy atom. The molecule has 2 aromatic rings. The molecule has 0 saturated heterocycles. The monoisotopic (exact) mass is 347 g/mol. The highest BCUT2D eigenvalue weighted by atomic mass is 35.5. The van der Waals surface area contributed by atoms with Crippen molar-refractivity contribution in [1.29, 1.82) is 0 Å². The summed E-state index contributed by atoms with van der Waals surface area (Å²) in [7, 11) is 3.77.